The van der Waals surface area contributed by atoms with Crippen molar-refractivity contribution in [2.45, 2.75) is 69.4 Å². The molecule has 3 fully saturated rings. The van der Waals surface area contributed by atoms with E-state index in [-0.39, 0.29) is 23.4 Å². The quantitative estimate of drug-likeness (QED) is 0.596. The first kappa shape index (κ1) is 23.8. The molecule has 1 spiro atoms. The molecule has 1 saturated carbocycles. The highest BCUT2D eigenvalue weighted by Gasteiger charge is 2.49. The number of ether oxygens (including phenoxy) is 2. The van der Waals surface area contributed by atoms with E-state index in [9.17, 15) is 4.79 Å². The van der Waals surface area contributed by atoms with Crippen molar-refractivity contribution in [3.8, 4) is 17.0 Å². The first-order valence-electron chi connectivity index (χ1n) is 13.4. The van der Waals surface area contributed by atoms with Crippen molar-refractivity contribution in [3.05, 3.63) is 35.5 Å². The number of hydrogen-bond acceptors (Lipinski definition) is 5. The summed E-state index contributed by atoms with van der Waals surface area (Å²) >= 11 is 0. The molecule has 4 heterocycles. The third-order valence-corrected chi connectivity index (χ3v) is 9.00. The van der Waals surface area contributed by atoms with Crippen LogP contribution in [0.15, 0.2) is 18.2 Å². The Kier molecular flexibility index (Phi) is 5.59. The van der Waals surface area contributed by atoms with Crippen molar-refractivity contribution in [3.63, 3.8) is 0 Å². The average Bonchev–Trinajstić information content (AvgIpc) is 3.61. The fourth-order valence-corrected chi connectivity index (χ4v) is 6.34. The van der Waals surface area contributed by atoms with E-state index in [0.29, 0.717) is 55.5 Å². The van der Waals surface area contributed by atoms with Gasteiger partial charge in [-0.1, -0.05) is 6.07 Å². The fraction of sp³-hybridized carbons (Fsp3) is 0.643. The molecule has 6 rings (SSSR count). The van der Waals surface area contributed by atoms with Crippen LogP contribution >= 0.6 is 0 Å². The van der Waals surface area contributed by atoms with Crippen LogP contribution in [0.4, 0.5) is 9.18 Å². The van der Waals surface area contributed by atoms with Gasteiger partial charge in [0.15, 0.2) is 5.60 Å². The summed E-state index contributed by atoms with van der Waals surface area (Å²) in [5.41, 5.74) is 1.52. The number of aromatic nitrogens is 2. The summed E-state index contributed by atoms with van der Waals surface area (Å²) in [4.78, 5) is 22.0. The molecule has 1 aromatic heterocycles. The second kappa shape index (κ2) is 8.47. The lowest BCUT2D eigenvalue weighted by atomic mass is 9.82. The Bertz CT molecular complexity index is 1180. The number of rotatable bonds is 3. The van der Waals surface area contributed by atoms with Crippen LogP contribution in [0.5, 0.6) is 5.75 Å². The lowest BCUT2D eigenvalue weighted by Crippen LogP contribution is -2.50. The van der Waals surface area contributed by atoms with Crippen LogP contribution in [0.25, 0.3) is 11.3 Å². The Balaban J connectivity index is 1.34. The van der Waals surface area contributed by atoms with Crippen molar-refractivity contribution >= 4 is 6.09 Å². The van der Waals surface area contributed by atoms with Gasteiger partial charge >= 0.3 is 6.09 Å². The van der Waals surface area contributed by atoms with Crippen LogP contribution in [-0.2, 0) is 17.4 Å². The monoisotopic (exact) mass is 496 g/mol. The number of benzene rings is 1. The van der Waals surface area contributed by atoms with Crippen molar-refractivity contribution in [1.82, 2.24) is 19.4 Å². The maximum atomic E-state index is 15.2. The first-order chi connectivity index (χ1) is 17.2. The summed E-state index contributed by atoms with van der Waals surface area (Å²) in [6.45, 7) is 7.15. The van der Waals surface area contributed by atoms with Gasteiger partial charge in [-0.2, -0.15) is 0 Å². The average molecular weight is 497 g/mol. The normalized spacial score (nSPS) is 24.7. The van der Waals surface area contributed by atoms with E-state index < -0.39 is 5.60 Å². The first-order valence-corrected chi connectivity index (χ1v) is 13.4. The molecule has 7 nitrogen and oxygen atoms in total. The smallest absolute Gasteiger partial charge is 0.409 e. The van der Waals surface area contributed by atoms with E-state index in [1.807, 2.05) is 6.07 Å². The number of likely N-dealkylation sites (tertiary alicyclic amines) is 2. The molecule has 2 saturated heterocycles. The number of halogens is 1. The molecule has 1 atom stereocenters. The van der Waals surface area contributed by atoms with Crippen molar-refractivity contribution in [2.75, 3.05) is 33.3 Å². The van der Waals surface area contributed by atoms with Gasteiger partial charge in [-0.3, -0.25) is 0 Å². The van der Waals surface area contributed by atoms with E-state index in [2.05, 4.69) is 37.4 Å². The standard InChI is InChI=1S/C28H37FN4O3/c1-27(2)16-19(10-13-31(27)3)25-30-23-22-20(29)6-5-7-21(22)36-28(24(23)32(25)4)11-14-33(15-12-28)26(34)35-17-18-8-9-18/h5-7,18-19H,8-17H2,1-4H3/t19-/m1/s1. The van der Waals surface area contributed by atoms with Gasteiger partial charge in [0.1, 0.15) is 23.1 Å². The summed E-state index contributed by atoms with van der Waals surface area (Å²) < 4.78 is 29.5. The molecule has 0 unspecified atom stereocenters. The van der Waals surface area contributed by atoms with Crippen LogP contribution in [0.2, 0.25) is 0 Å². The van der Waals surface area contributed by atoms with Gasteiger partial charge in [-0.15, -0.1) is 0 Å². The van der Waals surface area contributed by atoms with Gasteiger partial charge in [0.25, 0.3) is 0 Å². The third kappa shape index (κ3) is 3.88. The van der Waals surface area contributed by atoms with Crippen LogP contribution in [-0.4, -0.2) is 64.3 Å². The maximum Gasteiger partial charge on any atom is 0.409 e. The Labute approximate surface area is 212 Å². The van der Waals surface area contributed by atoms with Crippen LogP contribution in [0, 0.1) is 11.7 Å². The minimum Gasteiger partial charge on any atom is -0.480 e. The van der Waals surface area contributed by atoms with E-state index in [0.717, 1.165) is 43.7 Å². The second-order valence-electron chi connectivity index (χ2n) is 11.9. The highest BCUT2D eigenvalue weighted by Crippen LogP contribution is 2.51. The van der Waals surface area contributed by atoms with Crippen molar-refractivity contribution in [2.24, 2.45) is 13.0 Å². The number of hydrogen-bond donors (Lipinski definition) is 0. The van der Waals surface area contributed by atoms with E-state index in [1.54, 1.807) is 11.0 Å². The topological polar surface area (TPSA) is 59.8 Å². The predicted octanol–water partition coefficient (Wildman–Crippen LogP) is 5.04. The fourth-order valence-electron chi connectivity index (χ4n) is 6.34. The molecular weight excluding hydrogens is 459 g/mol. The van der Waals surface area contributed by atoms with Gasteiger partial charge in [0.2, 0.25) is 0 Å². The van der Waals surface area contributed by atoms with Crippen LogP contribution < -0.4 is 4.74 Å². The Hall–Kier alpha value is -2.61. The van der Waals surface area contributed by atoms with Gasteiger partial charge in [-0.05, 0) is 71.2 Å². The number of carbonyl (C=O) groups is 1. The molecule has 4 aliphatic rings. The summed E-state index contributed by atoms with van der Waals surface area (Å²) in [6.07, 6.45) is 5.31. The van der Waals surface area contributed by atoms with E-state index in [4.69, 9.17) is 14.5 Å². The van der Waals surface area contributed by atoms with E-state index >= 15 is 4.39 Å². The number of carbonyl (C=O) groups excluding carboxylic acids is 1. The minimum atomic E-state index is -0.648. The molecule has 0 bridgehead atoms. The molecule has 36 heavy (non-hydrogen) atoms. The molecule has 1 aromatic carbocycles. The predicted molar refractivity (Wildman–Crippen MR) is 134 cm³/mol. The van der Waals surface area contributed by atoms with Gasteiger partial charge < -0.3 is 23.8 Å². The Morgan fingerprint density at radius 2 is 1.92 bits per heavy atom. The highest BCUT2D eigenvalue weighted by molar-refractivity contribution is 5.74. The van der Waals surface area contributed by atoms with Gasteiger partial charge in [0.05, 0.1) is 17.9 Å². The zero-order chi connectivity index (χ0) is 25.2. The van der Waals surface area contributed by atoms with Gasteiger partial charge in [-0.25, -0.2) is 14.2 Å². The molecule has 8 heteroatoms. The van der Waals surface area contributed by atoms with Crippen LogP contribution in [0.1, 0.15) is 69.8 Å². The molecule has 1 aliphatic carbocycles. The zero-order valence-corrected chi connectivity index (χ0v) is 21.8. The summed E-state index contributed by atoms with van der Waals surface area (Å²) in [5.74, 6) is 2.07. The number of amides is 1. The van der Waals surface area contributed by atoms with Crippen LogP contribution in [0.3, 0.4) is 0 Å². The zero-order valence-electron chi connectivity index (χ0n) is 21.8. The molecule has 0 radical (unpaired) electrons. The lowest BCUT2D eigenvalue weighted by molar-refractivity contribution is -0.0114. The molecule has 2 aromatic rings. The summed E-state index contributed by atoms with van der Waals surface area (Å²) in [6, 6.07) is 5.02. The third-order valence-electron chi connectivity index (χ3n) is 9.00. The van der Waals surface area contributed by atoms with E-state index in [1.165, 1.54) is 6.07 Å². The number of imidazole rings is 1. The SMILES string of the molecule is CN1CC[C@@H](c2nc3c(n2C)C2(CCN(C(=O)OCC4CC4)CC2)Oc2cccc(F)c2-3)CC1(C)C. The Morgan fingerprint density at radius 3 is 2.61 bits per heavy atom. The summed E-state index contributed by atoms with van der Waals surface area (Å²) in [7, 11) is 4.23. The molecular formula is C28H37FN4O3. The second-order valence-corrected chi connectivity index (χ2v) is 11.9. The maximum absolute atomic E-state index is 15.2. The number of fused-ring (bicyclic) bond motifs is 4. The highest BCUT2D eigenvalue weighted by atomic mass is 19.1. The largest absolute Gasteiger partial charge is 0.480 e. The molecule has 3 aliphatic heterocycles. The number of nitrogens with zero attached hydrogens (tertiary/aromatic N) is 4. The molecule has 1 amide bonds. The summed E-state index contributed by atoms with van der Waals surface area (Å²) in [5, 5.41) is 0. The van der Waals surface area contributed by atoms with Crippen molar-refractivity contribution < 1.29 is 18.7 Å². The molecule has 0 N–H and O–H groups in total. The minimum absolute atomic E-state index is 0.0683. The van der Waals surface area contributed by atoms with Crippen molar-refractivity contribution in [1.29, 1.82) is 0 Å². The van der Waals surface area contributed by atoms with Gasteiger partial charge in [0, 0.05) is 44.4 Å². The Morgan fingerprint density at radius 1 is 1.17 bits per heavy atom. The number of piperidine rings is 2. The lowest BCUT2D eigenvalue weighted by Gasteiger charge is -2.44. The molecule has 194 valence electrons.